The maximum Gasteiger partial charge on any atom is 0.408 e. The molecule has 3 fully saturated rings. The van der Waals surface area contributed by atoms with Crippen molar-refractivity contribution in [3.63, 3.8) is 0 Å². The molecule has 9 heteroatoms. The van der Waals surface area contributed by atoms with Gasteiger partial charge in [0, 0.05) is 25.3 Å². The predicted octanol–water partition coefficient (Wildman–Crippen LogP) is 4.89. The summed E-state index contributed by atoms with van der Waals surface area (Å²) in [5, 5.41) is 7.59. The third kappa shape index (κ3) is 6.62. The molecule has 1 aromatic carbocycles. The molecule has 3 aliphatic rings. The summed E-state index contributed by atoms with van der Waals surface area (Å²) < 4.78 is 21.0. The summed E-state index contributed by atoms with van der Waals surface area (Å²) in [5.41, 5.74) is 1.26. The van der Waals surface area contributed by atoms with Crippen LogP contribution in [0.5, 0.6) is 0 Å². The zero-order chi connectivity index (χ0) is 27.6. The number of ether oxygens (including phenoxy) is 1. The molecule has 2 amide bonds. The van der Waals surface area contributed by atoms with Gasteiger partial charge in [-0.15, -0.1) is 0 Å². The highest BCUT2D eigenvalue weighted by atomic mass is 19.1. The quantitative estimate of drug-likeness (QED) is 0.565. The van der Waals surface area contributed by atoms with Crippen molar-refractivity contribution in [2.24, 2.45) is 5.92 Å². The van der Waals surface area contributed by atoms with Gasteiger partial charge >= 0.3 is 6.09 Å². The van der Waals surface area contributed by atoms with E-state index in [1.54, 1.807) is 18.3 Å². The fourth-order valence-electron chi connectivity index (χ4n) is 6.50. The summed E-state index contributed by atoms with van der Waals surface area (Å²) in [5.74, 6) is -0.209. The fraction of sp³-hybridized carbons (Fsp3) is 0.633. The Morgan fingerprint density at radius 1 is 1.05 bits per heavy atom. The average molecular weight is 540 g/mol. The van der Waals surface area contributed by atoms with Crippen LogP contribution in [0.25, 0.3) is 0 Å². The molecule has 39 heavy (non-hydrogen) atoms. The molecule has 3 heterocycles. The lowest BCUT2D eigenvalue weighted by molar-refractivity contribution is -0.142. The monoisotopic (exact) mass is 539 g/mol. The van der Waals surface area contributed by atoms with Gasteiger partial charge in [-0.05, 0) is 82.7 Å². The van der Waals surface area contributed by atoms with Crippen molar-refractivity contribution in [2.75, 3.05) is 19.6 Å². The summed E-state index contributed by atoms with van der Waals surface area (Å²) in [6.45, 7) is 8.38. The lowest BCUT2D eigenvalue weighted by Crippen LogP contribution is -2.60. The number of nitrogens with zero attached hydrogens (tertiary/aromatic N) is 4. The van der Waals surface area contributed by atoms with Crippen LogP contribution >= 0.6 is 0 Å². The number of carbonyl (C=O) groups excluding carboxylic acids is 2. The van der Waals surface area contributed by atoms with Gasteiger partial charge in [0.05, 0.1) is 18.3 Å². The van der Waals surface area contributed by atoms with Gasteiger partial charge in [-0.3, -0.25) is 14.4 Å². The summed E-state index contributed by atoms with van der Waals surface area (Å²) in [7, 11) is 0. The van der Waals surface area contributed by atoms with Gasteiger partial charge in [-0.1, -0.05) is 31.4 Å². The van der Waals surface area contributed by atoms with Crippen molar-refractivity contribution >= 4 is 12.0 Å². The standard InChI is InChI=1S/C30H42FN5O3/c1-30(2,3)39-29(38)33-27(22-8-5-4-6-9-22)28(37)35-19-24-10-7-17-34(24)20-26(35)25-15-16-32-36(25)18-21-11-13-23(31)14-12-21/h11-16,22,24,26-27H,4-10,17-20H2,1-3H3,(H,33,38)/t24-,26+,27+/m1/s1. The molecule has 0 spiro atoms. The normalized spacial score (nSPS) is 23.3. The number of alkyl carbamates (subject to hydrolysis) is 1. The highest BCUT2D eigenvalue weighted by Gasteiger charge is 2.44. The topological polar surface area (TPSA) is 79.7 Å². The summed E-state index contributed by atoms with van der Waals surface area (Å²) in [6.07, 6.45) is 8.55. The first-order chi connectivity index (χ1) is 18.7. The van der Waals surface area contributed by atoms with Gasteiger partial charge in [-0.25, -0.2) is 9.18 Å². The second-order valence-electron chi connectivity index (χ2n) is 12.4. The number of carbonyl (C=O) groups is 2. The average Bonchev–Trinajstić information content (AvgIpc) is 3.56. The minimum absolute atomic E-state index is 0.0289. The summed E-state index contributed by atoms with van der Waals surface area (Å²) in [6, 6.07) is 7.96. The van der Waals surface area contributed by atoms with E-state index in [1.807, 2.05) is 36.4 Å². The Morgan fingerprint density at radius 2 is 1.79 bits per heavy atom. The SMILES string of the molecule is CC(C)(C)OC(=O)N[C@H](C(=O)N1C[C@H]2CCCN2C[C@H]1c1ccnn1Cc1ccc(F)cc1)C1CCCCC1. The Hall–Kier alpha value is -2.94. The molecule has 2 saturated heterocycles. The Labute approximate surface area is 230 Å². The largest absolute Gasteiger partial charge is 0.444 e. The van der Waals surface area contributed by atoms with E-state index in [1.165, 1.54) is 12.1 Å². The van der Waals surface area contributed by atoms with E-state index in [9.17, 15) is 14.0 Å². The lowest BCUT2D eigenvalue weighted by Gasteiger charge is -2.46. The molecule has 5 rings (SSSR count). The molecular weight excluding hydrogens is 497 g/mol. The Bertz CT molecular complexity index is 1140. The number of hydrogen-bond donors (Lipinski definition) is 1. The van der Waals surface area contributed by atoms with E-state index >= 15 is 0 Å². The molecule has 1 aliphatic carbocycles. The number of fused-ring (bicyclic) bond motifs is 1. The number of aromatic nitrogens is 2. The van der Waals surface area contributed by atoms with Crippen molar-refractivity contribution in [3.05, 3.63) is 53.6 Å². The minimum Gasteiger partial charge on any atom is -0.444 e. The molecule has 0 unspecified atom stereocenters. The maximum atomic E-state index is 14.5. The van der Waals surface area contributed by atoms with Crippen molar-refractivity contribution in [1.29, 1.82) is 0 Å². The molecule has 1 aromatic heterocycles. The second kappa shape index (κ2) is 11.7. The number of piperazine rings is 1. The van der Waals surface area contributed by atoms with Gasteiger partial charge < -0.3 is 15.0 Å². The fourth-order valence-corrected chi connectivity index (χ4v) is 6.50. The van der Waals surface area contributed by atoms with Gasteiger partial charge in [0.2, 0.25) is 5.91 Å². The van der Waals surface area contributed by atoms with Gasteiger partial charge in [0.15, 0.2) is 0 Å². The number of nitrogens with one attached hydrogen (secondary N) is 1. The van der Waals surface area contributed by atoms with Gasteiger partial charge in [0.1, 0.15) is 17.5 Å². The van der Waals surface area contributed by atoms with E-state index in [4.69, 9.17) is 4.74 Å². The highest BCUT2D eigenvalue weighted by Crippen LogP contribution is 2.35. The molecular formula is C30H42FN5O3. The van der Waals surface area contributed by atoms with Crippen molar-refractivity contribution < 1.29 is 18.7 Å². The minimum atomic E-state index is -0.644. The molecule has 3 atom stereocenters. The van der Waals surface area contributed by atoms with E-state index < -0.39 is 17.7 Å². The van der Waals surface area contributed by atoms with Crippen LogP contribution < -0.4 is 5.32 Å². The number of halogens is 1. The Morgan fingerprint density at radius 3 is 2.51 bits per heavy atom. The number of amides is 2. The first kappa shape index (κ1) is 27.6. The second-order valence-corrected chi connectivity index (χ2v) is 12.4. The van der Waals surface area contributed by atoms with Crippen LogP contribution in [0, 0.1) is 11.7 Å². The van der Waals surface area contributed by atoms with Gasteiger partial charge in [0.25, 0.3) is 0 Å². The van der Waals surface area contributed by atoms with Crippen LogP contribution in [0.2, 0.25) is 0 Å². The first-order valence-corrected chi connectivity index (χ1v) is 14.5. The lowest BCUT2D eigenvalue weighted by atomic mass is 9.83. The van der Waals surface area contributed by atoms with E-state index in [2.05, 4.69) is 15.3 Å². The number of benzene rings is 1. The Balaban J connectivity index is 1.43. The molecule has 0 bridgehead atoms. The van der Waals surface area contributed by atoms with Crippen molar-refractivity contribution in [2.45, 2.75) is 96.0 Å². The maximum absolute atomic E-state index is 14.5. The van der Waals surface area contributed by atoms with Crippen LogP contribution in [0.15, 0.2) is 36.5 Å². The smallest absolute Gasteiger partial charge is 0.408 e. The molecule has 2 aromatic rings. The van der Waals surface area contributed by atoms with Crippen molar-refractivity contribution in [3.8, 4) is 0 Å². The predicted molar refractivity (Wildman–Crippen MR) is 147 cm³/mol. The van der Waals surface area contributed by atoms with E-state index in [0.717, 1.165) is 69.3 Å². The van der Waals surface area contributed by atoms with Crippen LogP contribution in [0.1, 0.15) is 83.0 Å². The van der Waals surface area contributed by atoms with Gasteiger partial charge in [-0.2, -0.15) is 5.10 Å². The molecule has 1 N–H and O–H groups in total. The number of hydrogen-bond acceptors (Lipinski definition) is 5. The Kier molecular flexibility index (Phi) is 8.26. The molecule has 0 radical (unpaired) electrons. The zero-order valence-corrected chi connectivity index (χ0v) is 23.4. The van der Waals surface area contributed by atoms with Crippen LogP contribution in [-0.2, 0) is 16.1 Å². The van der Waals surface area contributed by atoms with E-state index in [-0.39, 0.29) is 23.7 Å². The number of rotatable bonds is 6. The van der Waals surface area contributed by atoms with Crippen LogP contribution in [-0.4, -0.2) is 68.9 Å². The van der Waals surface area contributed by atoms with Crippen LogP contribution in [0.3, 0.4) is 0 Å². The van der Waals surface area contributed by atoms with Crippen molar-refractivity contribution in [1.82, 2.24) is 24.9 Å². The summed E-state index contributed by atoms with van der Waals surface area (Å²) >= 11 is 0. The highest BCUT2D eigenvalue weighted by molar-refractivity contribution is 5.86. The first-order valence-electron chi connectivity index (χ1n) is 14.5. The van der Waals surface area contributed by atoms with Crippen LogP contribution in [0.4, 0.5) is 9.18 Å². The molecule has 1 saturated carbocycles. The third-order valence-electron chi connectivity index (χ3n) is 8.37. The zero-order valence-electron chi connectivity index (χ0n) is 23.4. The van der Waals surface area contributed by atoms with E-state index in [0.29, 0.717) is 19.1 Å². The summed E-state index contributed by atoms with van der Waals surface area (Å²) in [4.78, 5) is 31.9. The molecule has 212 valence electrons. The third-order valence-corrected chi connectivity index (χ3v) is 8.37. The molecule has 2 aliphatic heterocycles. The molecule has 8 nitrogen and oxygen atoms in total.